The molecule has 21 heavy (non-hydrogen) atoms. The van der Waals surface area contributed by atoms with Gasteiger partial charge in [-0.2, -0.15) is 0 Å². The minimum absolute atomic E-state index is 0.243. The Morgan fingerprint density at radius 2 is 1.90 bits per heavy atom. The van der Waals surface area contributed by atoms with Crippen LogP contribution in [0.3, 0.4) is 0 Å². The number of hydrogen-bond acceptors (Lipinski definition) is 3. The van der Waals surface area contributed by atoms with Crippen molar-refractivity contribution in [2.45, 2.75) is 40.0 Å². The van der Waals surface area contributed by atoms with E-state index in [9.17, 15) is 9.90 Å². The highest BCUT2D eigenvalue weighted by atomic mass is 16.5. The minimum atomic E-state index is -0.243. The lowest BCUT2D eigenvalue weighted by Crippen LogP contribution is -2.38. The number of carbonyl (C=O) groups excluding carboxylic acids is 1. The second-order valence-electron chi connectivity index (χ2n) is 5.58. The monoisotopic (exact) mass is 293 g/mol. The van der Waals surface area contributed by atoms with Crippen LogP contribution in [0.2, 0.25) is 0 Å². The van der Waals surface area contributed by atoms with E-state index in [-0.39, 0.29) is 6.09 Å². The number of ether oxygens (including phenoxy) is 1. The SMILES string of the molecule is CC/C(C)=C/C(O)=C\C=C(/C)C1CCN(C(=O)OC)CC1. The van der Waals surface area contributed by atoms with E-state index >= 15 is 0 Å². The zero-order chi connectivity index (χ0) is 15.8. The van der Waals surface area contributed by atoms with Gasteiger partial charge >= 0.3 is 6.09 Å². The second kappa shape index (κ2) is 8.55. The Hall–Kier alpha value is -1.71. The van der Waals surface area contributed by atoms with Crippen molar-refractivity contribution in [2.24, 2.45) is 5.92 Å². The molecule has 0 atom stereocenters. The van der Waals surface area contributed by atoms with Gasteiger partial charge in [-0.15, -0.1) is 0 Å². The fourth-order valence-corrected chi connectivity index (χ4v) is 2.40. The maximum Gasteiger partial charge on any atom is 0.409 e. The third kappa shape index (κ3) is 5.66. The molecule has 0 aromatic carbocycles. The fraction of sp³-hybridized carbons (Fsp3) is 0.588. The van der Waals surface area contributed by atoms with E-state index in [4.69, 9.17) is 4.74 Å². The topological polar surface area (TPSA) is 49.8 Å². The van der Waals surface area contributed by atoms with E-state index in [1.54, 1.807) is 17.1 Å². The summed E-state index contributed by atoms with van der Waals surface area (Å²) in [5.74, 6) is 0.756. The number of rotatable bonds is 4. The van der Waals surface area contributed by atoms with E-state index in [0.29, 0.717) is 11.7 Å². The smallest absolute Gasteiger partial charge is 0.409 e. The Bertz CT molecular complexity index is 441. The summed E-state index contributed by atoms with van der Waals surface area (Å²) in [6, 6.07) is 0. The van der Waals surface area contributed by atoms with Crippen LogP contribution >= 0.6 is 0 Å². The van der Waals surface area contributed by atoms with Crippen molar-refractivity contribution in [3.05, 3.63) is 35.1 Å². The van der Waals surface area contributed by atoms with Crippen LogP contribution in [-0.4, -0.2) is 36.3 Å². The molecule has 1 saturated heterocycles. The number of carbonyl (C=O) groups is 1. The summed E-state index contributed by atoms with van der Waals surface area (Å²) >= 11 is 0. The number of methoxy groups -OCH3 is 1. The molecule has 0 aromatic heterocycles. The van der Waals surface area contributed by atoms with Crippen LogP contribution in [-0.2, 0) is 4.74 Å². The van der Waals surface area contributed by atoms with E-state index in [0.717, 1.165) is 37.9 Å². The summed E-state index contributed by atoms with van der Waals surface area (Å²) < 4.78 is 4.74. The summed E-state index contributed by atoms with van der Waals surface area (Å²) in [5.41, 5.74) is 2.40. The van der Waals surface area contributed by atoms with E-state index < -0.39 is 0 Å². The van der Waals surface area contributed by atoms with Gasteiger partial charge in [-0.1, -0.05) is 24.1 Å². The molecular formula is C17H27NO3. The molecule has 0 aromatic rings. The summed E-state index contributed by atoms with van der Waals surface area (Å²) in [6.45, 7) is 7.61. The summed E-state index contributed by atoms with van der Waals surface area (Å²) in [5, 5.41) is 9.82. The third-order valence-corrected chi connectivity index (χ3v) is 4.04. The molecule has 1 aliphatic heterocycles. The fourth-order valence-electron chi connectivity index (χ4n) is 2.40. The van der Waals surface area contributed by atoms with E-state index in [1.807, 2.05) is 13.0 Å². The van der Waals surface area contributed by atoms with Gasteiger partial charge in [0.1, 0.15) is 5.76 Å². The average Bonchev–Trinajstić information content (AvgIpc) is 2.51. The van der Waals surface area contributed by atoms with Crippen LogP contribution < -0.4 is 0 Å². The predicted octanol–water partition coefficient (Wildman–Crippen LogP) is 4.21. The highest BCUT2D eigenvalue weighted by molar-refractivity contribution is 5.67. The van der Waals surface area contributed by atoms with Crippen molar-refractivity contribution in [1.82, 2.24) is 4.90 Å². The molecule has 1 aliphatic rings. The van der Waals surface area contributed by atoms with Gasteiger partial charge in [-0.05, 0) is 51.2 Å². The molecule has 0 aliphatic carbocycles. The quantitative estimate of drug-likeness (QED) is 0.624. The molecule has 0 radical (unpaired) electrons. The zero-order valence-corrected chi connectivity index (χ0v) is 13.6. The standard InChI is InChI=1S/C17H27NO3/c1-5-13(2)12-16(19)7-6-14(3)15-8-10-18(11-9-15)17(20)21-4/h6-7,12,15,19H,5,8-11H2,1-4H3/b13-12+,14-6+,16-7+. The maximum absolute atomic E-state index is 11.4. The molecular weight excluding hydrogens is 266 g/mol. The molecule has 1 rings (SSSR count). The van der Waals surface area contributed by atoms with Gasteiger partial charge in [0.2, 0.25) is 0 Å². The molecule has 1 fully saturated rings. The van der Waals surface area contributed by atoms with Gasteiger partial charge in [0.05, 0.1) is 7.11 Å². The number of aliphatic hydroxyl groups is 1. The zero-order valence-electron chi connectivity index (χ0n) is 13.6. The first-order chi connectivity index (χ1) is 9.97. The second-order valence-corrected chi connectivity index (χ2v) is 5.58. The van der Waals surface area contributed by atoms with Crippen molar-refractivity contribution in [2.75, 3.05) is 20.2 Å². The summed E-state index contributed by atoms with van der Waals surface area (Å²) in [7, 11) is 1.42. The number of amides is 1. The first-order valence-electron chi connectivity index (χ1n) is 7.55. The Morgan fingerprint density at radius 1 is 1.29 bits per heavy atom. The third-order valence-electron chi connectivity index (χ3n) is 4.04. The van der Waals surface area contributed by atoms with Crippen LogP contribution in [0.1, 0.15) is 40.0 Å². The van der Waals surface area contributed by atoms with Crippen molar-refractivity contribution in [3.63, 3.8) is 0 Å². The first-order valence-corrected chi connectivity index (χ1v) is 7.55. The lowest BCUT2D eigenvalue weighted by atomic mass is 9.90. The van der Waals surface area contributed by atoms with Crippen molar-refractivity contribution in [3.8, 4) is 0 Å². The molecule has 4 heteroatoms. The van der Waals surface area contributed by atoms with Gasteiger partial charge in [0.25, 0.3) is 0 Å². The number of hydrogen-bond donors (Lipinski definition) is 1. The van der Waals surface area contributed by atoms with Crippen LogP contribution in [0.5, 0.6) is 0 Å². The summed E-state index contributed by atoms with van der Waals surface area (Å²) in [4.78, 5) is 13.2. The van der Waals surface area contributed by atoms with Gasteiger partial charge in [0, 0.05) is 13.1 Å². The summed E-state index contributed by atoms with van der Waals surface area (Å²) in [6.07, 6.45) is 8.10. The molecule has 1 amide bonds. The molecule has 0 unspecified atom stereocenters. The lowest BCUT2D eigenvalue weighted by Gasteiger charge is -2.31. The average molecular weight is 293 g/mol. The number of aliphatic hydroxyl groups excluding tert-OH is 1. The minimum Gasteiger partial charge on any atom is -0.508 e. The van der Waals surface area contributed by atoms with Crippen molar-refractivity contribution >= 4 is 6.09 Å². The lowest BCUT2D eigenvalue weighted by molar-refractivity contribution is 0.109. The molecule has 0 bridgehead atoms. The number of nitrogens with zero attached hydrogens (tertiary/aromatic N) is 1. The van der Waals surface area contributed by atoms with Crippen molar-refractivity contribution < 1.29 is 14.6 Å². The molecule has 0 spiro atoms. The maximum atomic E-state index is 11.4. The Balaban J connectivity index is 2.57. The number of likely N-dealkylation sites (tertiary alicyclic amines) is 1. The largest absolute Gasteiger partial charge is 0.508 e. The molecule has 0 saturated carbocycles. The first kappa shape index (κ1) is 17.3. The predicted molar refractivity (Wildman–Crippen MR) is 85.2 cm³/mol. The van der Waals surface area contributed by atoms with Gasteiger partial charge in [0.15, 0.2) is 0 Å². The molecule has 4 nitrogen and oxygen atoms in total. The number of piperidine rings is 1. The van der Waals surface area contributed by atoms with Crippen LogP contribution in [0.15, 0.2) is 35.1 Å². The highest BCUT2D eigenvalue weighted by Gasteiger charge is 2.23. The van der Waals surface area contributed by atoms with Gasteiger partial charge in [-0.3, -0.25) is 0 Å². The van der Waals surface area contributed by atoms with Crippen LogP contribution in [0, 0.1) is 5.92 Å². The Morgan fingerprint density at radius 3 is 2.43 bits per heavy atom. The normalized spacial score (nSPS) is 18.9. The van der Waals surface area contributed by atoms with Crippen LogP contribution in [0.25, 0.3) is 0 Å². The molecule has 1 N–H and O–H groups in total. The highest BCUT2D eigenvalue weighted by Crippen LogP contribution is 2.24. The van der Waals surface area contributed by atoms with Gasteiger partial charge in [-0.25, -0.2) is 4.79 Å². The van der Waals surface area contributed by atoms with Crippen LogP contribution in [0.4, 0.5) is 4.79 Å². The Labute approximate surface area is 127 Å². The molecule has 118 valence electrons. The van der Waals surface area contributed by atoms with Crippen molar-refractivity contribution in [1.29, 1.82) is 0 Å². The van der Waals surface area contributed by atoms with E-state index in [1.165, 1.54) is 12.7 Å². The van der Waals surface area contributed by atoms with E-state index in [2.05, 4.69) is 13.8 Å². The Kier molecular flexibility index (Phi) is 7.06. The molecule has 1 heterocycles. The number of allylic oxidation sites excluding steroid dienone is 5. The van der Waals surface area contributed by atoms with Gasteiger partial charge < -0.3 is 14.7 Å².